The molecule has 1 aliphatic rings. The predicted octanol–water partition coefficient (Wildman–Crippen LogP) is 4.25. The van der Waals surface area contributed by atoms with Gasteiger partial charge in [-0.1, -0.05) is 36.1 Å². The number of hydrogen-bond donors (Lipinski definition) is 3. The fourth-order valence-electron chi connectivity index (χ4n) is 4.97. The molecular weight excluding hydrogens is 574 g/mol. The summed E-state index contributed by atoms with van der Waals surface area (Å²) in [5, 5.41) is 18.6. The van der Waals surface area contributed by atoms with Crippen molar-refractivity contribution in [3.05, 3.63) is 101 Å². The van der Waals surface area contributed by atoms with Crippen LogP contribution in [-0.2, 0) is 0 Å². The molecular formula is C32H32F2N4O6. The van der Waals surface area contributed by atoms with Crippen molar-refractivity contribution in [3.63, 3.8) is 0 Å². The van der Waals surface area contributed by atoms with Crippen molar-refractivity contribution in [3.8, 4) is 17.6 Å². The van der Waals surface area contributed by atoms with Crippen LogP contribution in [0.25, 0.3) is 0 Å². The summed E-state index contributed by atoms with van der Waals surface area (Å²) in [6.07, 6.45) is -1.45. The number of hydrogen-bond acceptors (Lipinski definition) is 6. The number of carbonyl (C=O) groups is 3. The van der Waals surface area contributed by atoms with Gasteiger partial charge in [0.05, 0.1) is 6.04 Å². The Morgan fingerprint density at radius 1 is 0.909 bits per heavy atom. The summed E-state index contributed by atoms with van der Waals surface area (Å²) < 4.78 is 33.0. The Bertz CT molecular complexity index is 1470. The highest BCUT2D eigenvalue weighted by atomic mass is 19.1. The van der Waals surface area contributed by atoms with Crippen molar-refractivity contribution in [2.75, 3.05) is 45.9 Å². The van der Waals surface area contributed by atoms with Gasteiger partial charge in [-0.05, 0) is 53.6 Å². The maximum absolute atomic E-state index is 13.6. The number of imide groups is 1. The minimum Gasteiger partial charge on any atom is -0.491 e. The fraction of sp³-hybridized carbons (Fsp3) is 0.281. The molecule has 3 amide bonds. The highest BCUT2D eigenvalue weighted by Crippen LogP contribution is 2.30. The quantitative estimate of drug-likeness (QED) is 0.292. The Hall–Kier alpha value is -4.99. The first-order valence-corrected chi connectivity index (χ1v) is 13.9. The number of urea groups is 1. The zero-order chi connectivity index (χ0) is 31.6. The minimum absolute atomic E-state index is 0.0255. The van der Waals surface area contributed by atoms with Crippen LogP contribution in [0.4, 0.5) is 18.4 Å². The molecule has 4 rings (SSSR count). The van der Waals surface area contributed by atoms with Gasteiger partial charge in [0.15, 0.2) is 0 Å². The summed E-state index contributed by atoms with van der Waals surface area (Å²) in [4.78, 5) is 38.9. The molecule has 10 nitrogen and oxygen atoms in total. The molecule has 0 radical (unpaired) electrons. The predicted molar refractivity (Wildman–Crippen MR) is 157 cm³/mol. The Morgan fingerprint density at radius 2 is 1.50 bits per heavy atom. The summed E-state index contributed by atoms with van der Waals surface area (Å²) >= 11 is 0. The van der Waals surface area contributed by atoms with E-state index in [0.29, 0.717) is 30.1 Å². The average molecular weight is 607 g/mol. The van der Waals surface area contributed by atoms with E-state index in [1.54, 1.807) is 30.3 Å². The Morgan fingerprint density at radius 3 is 2.02 bits per heavy atom. The van der Waals surface area contributed by atoms with E-state index in [-0.39, 0.29) is 48.6 Å². The molecule has 0 aromatic heterocycles. The number of carboxylic acid groups (broad SMARTS) is 2. The number of aromatic carboxylic acids is 1. The molecule has 3 aromatic carbocycles. The number of amides is 3. The molecule has 0 unspecified atom stereocenters. The van der Waals surface area contributed by atoms with Gasteiger partial charge in [-0.15, -0.1) is 0 Å². The summed E-state index contributed by atoms with van der Waals surface area (Å²) in [6, 6.07) is 15.9. The van der Waals surface area contributed by atoms with E-state index in [4.69, 9.17) is 15.6 Å². The molecule has 1 fully saturated rings. The average Bonchev–Trinajstić information content (AvgIpc) is 3.00. The summed E-state index contributed by atoms with van der Waals surface area (Å²) in [5.41, 5.74) is 7.17. The molecule has 230 valence electrons. The van der Waals surface area contributed by atoms with E-state index < -0.39 is 18.1 Å². The first kappa shape index (κ1) is 31.9. The minimum atomic E-state index is -1.48. The zero-order valence-corrected chi connectivity index (χ0v) is 23.8. The van der Waals surface area contributed by atoms with Crippen LogP contribution < -0.4 is 10.5 Å². The number of primary amides is 1. The van der Waals surface area contributed by atoms with Crippen LogP contribution in [0.3, 0.4) is 0 Å². The fourth-order valence-corrected chi connectivity index (χ4v) is 4.97. The molecule has 3 aromatic rings. The van der Waals surface area contributed by atoms with Crippen LogP contribution in [0.5, 0.6) is 5.75 Å². The summed E-state index contributed by atoms with van der Waals surface area (Å²) in [6.45, 7) is 3.45. The lowest BCUT2D eigenvalue weighted by Gasteiger charge is -2.39. The lowest BCUT2D eigenvalue weighted by molar-refractivity contribution is 0.0689. The number of benzene rings is 3. The third kappa shape index (κ3) is 8.53. The SMILES string of the molecule is NC(=O)N(CCC#Cc1ccc(OCCN2CCN(C(c3ccc(F)cc3)c3ccc(F)cc3)CC2)c(C(=O)O)c1)C(=O)O. The number of carboxylic acids is 1. The second-order valence-corrected chi connectivity index (χ2v) is 10.1. The maximum atomic E-state index is 13.6. The zero-order valence-electron chi connectivity index (χ0n) is 23.8. The molecule has 0 bridgehead atoms. The second-order valence-electron chi connectivity index (χ2n) is 10.1. The van der Waals surface area contributed by atoms with Gasteiger partial charge in [0.2, 0.25) is 0 Å². The first-order chi connectivity index (χ1) is 21.1. The van der Waals surface area contributed by atoms with Crippen LogP contribution in [0, 0.1) is 23.5 Å². The van der Waals surface area contributed by atoms with Gasteiger partial charge in [0.25, 0.3) is 0 Å². The third-order valence-electron chi connectivity index (χ3n) is 7.21. The van der Waals surface area contributed by atoms with Gasteiger partial charge in [0, 0.05) is 51.3 Å². The van der Waals surface area contributed by atoms with Gasteiger partial charge >= 0.3 is 18.1 Å². The molecule has 1 aliphatic heterocycles. The highest BCUT2D eigenvalue weighted by Gasteiger charge is 2.27. The molecule has 0 aliphatic carbocycles. The van der Waals surface area contributed by atoms with Crippen LogP contribution in [-0.4, -0.2) is 88.9 Å². The number of halogens is 2. The normalized spacial score (nSPS) is 13.6. The monoisotopic (exact) mass is 606 g/mol. The van der Waals surface area contributed by atoms with Crippen LogP contribution in [0.2, 0.25) is 0 Å². The number of rotatable bonds is 10. The standard InChI is InChI=1S/C32H32F2N4O6/c33-25-9-5-23(6-10-25)29(24-7-11-26(34)12-8-24)37-17-15-36(16-18-37)19-20-44-28-13-4-22(21-27(28)30(39)40)3-1-2-14-38(31(35)41)32(42)43/h4-13,21,29H,2,14-20H2,(H2,35,41)(H,39,40)(H,42,43). The number of ether oxygens (including phenoxy) is 1. The van der Waals surface area contributed by atoms with Crippen LogP contribution in [0.15, 0.2) is 66.7 Å². The van der Waals surface area contributed by atoms with Crippen molar-refractivity contribution < 1.29 is 38.1 Å². The van der Waals surface area contributed by atoms with Crippen LogP contribution >= 0.6 is 0 Å². The van der Waals surface area contributed by atoms with Gasteiger partial charge in [-0.2, -0.15) is 0 Å². The van der Waals surface area contributed by atoms with E-state index >= 15 is 0 Å². The lowest BCUT2D eigenvalue weighted by Crippen LogP contribution is -2.48. The van der Waals surface area contributed by atoms with Crippen molar-refractivity contribution in [2.45, 2.75) is 12.5 Å². The molecule has 4 N–H and O–H groups in total. The van der Waals surface area contributed by atoms with Crippen molar-refractivity contribution in [2.24, 2.45) is 5.73 Å². The summed E-state index contributed by atoms with van der Waals surface area (Å²) in [5.74, 6) is 3.83. The van der Waals surface area contributed by atoms with Gasteiger partial charge < -0.3 is 20.7 Å². The van der Waals surface area contributed by atoms with E-state index in [2.05, 4.69) is 21.6 Å². The Labute approximate surface area is 253 Å². The molecule has 44 heavy (non-hydrogen) atoms. The molecule has 12 heteroatoms. The van der Waals surface area contributed by atoms with Crippen molar-refractivity contribution >= 4 is 18.1 Å². The van der Waals surface area contributed by atoms with Gasteiger partial charge in [0.1, 0.15) is 29.6 Å². The first-order valence-electron chi connectivity index (χ1n) is 13.9. The number of piperazine rings is 1. The van der Waals surface area contributed by atoms with Gasteiger partial charge in [-0.3, -0.25) is 9.80 Å². The van der Waals surface area contributed by atoms with Crippen LogP contribution in [0.1, 0.15) is 39.5 Å². The maximum Gasteiger partial charge on any atom is 0.415 e. The van der Waals surface area contributed by atoms with E-state index in [1.807, 2.05) is 0 Å². The molecule has 0 atom stereocenters. The lowest BCUT2D eigenvalue weighted by atomic mass is 9.96. The highest BCUT2D eigenvalue weighted by molar-refractivity contribution is 5.91. The largest absolute Gasteiger partial charge is 0.491 e. The van der Waals surface area contributed by atoms with E-state index in [0.717, 1.165) is 24.2 Å². The third-order valence-corrected chi connectivity index (χ3v) is 7.21. The molecule has 1 saturated heterocycles. The topological polar surface area (TPSA) is 137 Å². The molecule has 1 heterocycles. The van der Waals surface area contributed by atoms with Crippen molar-refractivity contribution in [1.29, 1.82) is 0 Å². The summed E-state index contributed by atoms with van der Waals surface area (Å²) in [7, 11) is 0. The van der Waals surface area contributed by atoms with E-state index in [1.165, 1.54) is 36.4 Å². The number of nitrogens with zero attached hydrogens (tertiary/aromatic N) is 3. The smallest absolute Gasteiger partial charge is 0.415 e. The van der Waals surface area contributed by atoms with Gasteiger partial charge in [-0.25, -0.2) is 28.1 Å². The van der Waals surface area contributed by atoms with Crippen molar-refractivity contribution in [1.82, 2.24) is 14.7 Å². The Balaban J connectivity index is 1.32. The molecule has 0 saturated carbocycles. The number of nitrogens with two attached hydrogens (primary N) is 1. The Kier molecular flexibility index (Phi) is 10.9. The molecule has 0 spiro atoms. The second kappa shape index (κ2) is 15.0. The van der Waals surface area contributed by atoms with E-state index in [9.17, 15) is 28.3 Å². The number of carbonyl (C=O) groups excluding carboxylic acids is 1.